The topological polar surface area (TPSA) is 84.0 Å². The lowest BCUT2D eigenvalue weighted by molar-refractivity contribution is -0.139. The highest BCUT2D eigenvalue weighted by atomic mass is 16.5. The minimum Gasteiger partial charge on any atom is -0.426 e. The lowest BCUT2D eigenvalue weighted by Crippen LogP contribution is -2.33. The summed E-state index contributed by atoms with van der Waals surface area (Å²) in [6.07, 6.45) is 3.18. The van der Waals surface area contributed by atoms with Crippen LogP contribution in [0.4, 0.5) is 11.4 Å². The zero-order chi connectivity index (χ0) is 24.4. The quantitative estimate of drug-likeness (QED) is 0.384. The van der Waals surface area contributed by atoms with Crippen molar-refractivity contribution in [3.8, 4) is 5.75 Å². The second kappa shape index (κ2) is 8.04. The number of amides is 3. The third-order valence-corrected chi connectivity index (χ3v) is 8.33. The van der Waals surface area contributed by atoms with E-state index in [1.807, 2.05) is 38.1 Å². The number of hydrogen-bond donors (Lipinski definition) is 0. The first kappa shape index (κ1) is 22.0. The Balaban J connectivity index is 1.16. The van der Waals surface area contributed by atoms with Crippen LogP contribution in [0.3, 0.4) is 0 Å². The summed E-state index contributed by atoms with van der Waals surface area (Å²) in [7, 11) is 0. The van der Waals surface area contributed by atoms with Crippen LogP contribution in [0.2, 0.25) is 0 Å². The van der Waals surface area contributed by atoms with Crippen LogP contribution in [-0.2, 0) is 19.2 Å². The maximum atomic E-state index is 13.2. The van der Waals surface area contributed by atoms with Crippen LogP contribution in [0.15, 0.2) is 42.5 Å². The maximum Gasteiger partial charge on any atom is 0.316 e. The van der Waals surface area contributed by atoms with Crippen molar-refractivity contribution < 1.29 is 23.9 Å². The molecule has 2 aliphatic carbocycles. The fourth-order valence-corrected chi connectivity index (χ4v) is 6.70. The van der Waals surface area contributed by atoms with Gasteiger partial charge in [0, 0.05) is 18.7 Å². The molecule has 2 heterocycles. The summed E-state index contributed by atoms with van der Waals surface area (Å²) < 4.78 is 5.62. The third kappa shape index (κ3) is 3.48. The molecule has 7 nitrogen and oxygen atoms in total. The molecule has 2 saturated carbocycles. The van der Waals surface area contributed by atoms with Gasteiger partial charge in [-0.15, -0.1) is 0 Å². The summed E-state index contributed by atoms with van der Waals surface area (Å²) in [5.74, 6) is -0.613. The van der Waals surface area contributed by atoms with E-state index in [1.165, 1.54) is 4.90 Å². The molecule has 0 aromatic heterocycles. The van der Waals surface area contributed by atoms with E-state index in [2.05, 4.69) is 0 Å². The summed E-state index contributed by atoms with van der Waals surface area (Å²) in [5, 5.41) is 0. The number of imide groups is 1. The number of carbonyl (C=O) groups is 4. The van der Waals surface area contributed by atoms with Crippen LogP contribution in [-0.4, -0.2) is 30.2 Å². The predicted molar refractivity (Wildman–Crippen MR) is 129 cm³/mol. The number of carbonyl (C=O) groups excluding carboxylic acids is 4. The van der Waals surface area contributed by atoms with E-state index in [9.17, 15) is 19.2 Å². The molecule has 2 aromatic carbocycles. The van der Waals surface area contributed by atoms with Crippen molar-refractivity contribution in [1.82, 2.24) is 0 Å². The number of esters is 1. The van der Waals surface area contributed by atoms with Crippen LogP contribution in [0.5, 0.6) is 5.75 Å². The van der Waals surface area contributed by atoms with Gasteiger partial charge in [-0.1, -0.05) is 12.1 Å². The van der Waals surface area contributed by atoms with Crippen LogP contribution in [0.1, 0.15) is 36.8 Å². The smallest absolute Gasteiger partial charge is 0.316 e. The molecule has 6 rings (SSSR count). The van der Waals surface area contributed by atoms with E-state index in [4.69, 9.17) is 4.74 Å². The summed E-state index contributed by atoms with van der Waals surface area (Å²) in [6.45, 7) is 4.05. The molecule has 2 aliphatic heterocycles. The molecule has 0 N–H and O–H groups in total. The summed E-state index contributed by atoms with van der Waals surface area (Å²) in [5.41, 5.74) is 3.09. The first-order valence-corrected chi connectivity index (χ1v) is 12.4. The average molecular weight is 473 g/mol. The SMILES string of the molecule is Cc1cccc(N2C[C@H](C(=O)Oc3ccc(N4C(=O)[C@@H]5[C@H]6CC[C@@H](C6)[C@@H]5C4=O)c(C)c3)CC2=O)c1. The molecule has 35 heavy (non-hydrogen) atoms. The lowest BCUT2D eigenvalue weighted by Gasteiger charge is -2.20. The van der Waals surface area contributed by atoms with Gasteiger partial charge in [-0.2, -0.15) is 0 Å². The Labute approximate surface area is 204 Å². The van der Waals surface area contributed by atoms with Gasteiger partial charge in [0.25, 0.3) is 0 Å². The number of nitrogens with zero attached hydrogens (tertiary/aromatic N) is 2. The van der Waals surface area contributed by atoms with Gasteiger partial charge in [-0.25, -0.2) is 4.90 Å². The summed E-state index contributed by atoms with van der Waals surface area (Å²) in [4.78, 5) is 54.7. The highest BCUT2D eigenvalue weighted by Crippen LogP contribution is 2.56. The normalized spacial score (nSPS) is 29.3. The number of aryl methyl sites for hydroxylation is 2. The number of rotatable bonds is 4. The number of anilines is 2. The standard InChI is InChI=1S/C28H28N2O5/c1-15-4-3-5-20(10-15)29-14-19(13-23(29)31)28(34)35-21-8-9-22(16(2)11-21)30-26(32)24-17-6-7-18(12-17)25(24)27(30)33/h3-5,8-11,17-19,24-25H,6-7,12-14H2,1-2H3/t17-,18-,19+,24-,25+/m0/s1. The Kier molecular flexibility index (Phi) is 5.06. The molecule has 2 bridgehead atoms. The van der Waals surface area contributed by atoms with Crippen LogP contribution < -0.4 is 14.5 Å². The molecule has 7 heteroatoms. The molecule has 3 amide bonds. The van der Waals surface area contributed by atoms with Crippen molar-refractivity contribution in [1.29, 1.82) is 0 Å². The predicted octanol–water partition coefficient (Wildman–Crippen LogP) is 3.80. The van der Waals surface area contributed by atoms with Gasteiger partial charge >= 0.3 is 5.97 Å². The van der Waals surface area contributed by atoms with E-state index >= 15 is 0 Å². The largest absolute Gasteiger partial charge is 0.426 e. The molecular weight excluding hydrogens is 444 g/mol. The van der Waals surface area contributed by atoms with Crippen LogP contribution >= 0.6 is 0 Å². The third-order valence-electron chi connectivity index (χ3n) is 8.33. The van der Waals surface area contributed by atoms with Crippen molar-refractivity contribution in [2.75, 3.05) is 16.3 Å². The Bertz CT molecular complexity index is 1240. The first-order valence-electron chi connectivity index (χ1n) is 12.4. The van der Waals surface area contributed by atoms with Crippen molar-refractivity contribution in [2.24, 2.45) is 29.6 Å². The number of benzene rings is 2. The summed E-state index contributed by atoms with van der Waals surface area (Å²) >= 11 is 0. The lowest BCUT2D eigenvalue weighted by atomic mass is 9.81. The monoisotopic (exact) mass is 472 g/mol. The maximum absolute atomic E-state index is 13.2. The molecule has 4 aliphatic rings. The van der Waals surface area contributed by atoms with E-state index < -0.39 is 11.9 Å². The van der Waals surface area contributed by atoms with Crippen LogP contribution in [0, 0.1) is 43.4 Å². The Morgan fingerprint density at radius 2 is 1.66 bits per heavy atom. The van der Waals surface area contributed by atoms with Gasteiger partial charge in [0.2, 0.25) is 17.7 Å². The molecule has 0 radical (unpaired) electrons. The fraction of sp³-hybridized carbons (Fsp3) is 0.429. The zero-order valence-corrected chi connectivity index (χ0v) is 19.9. The summed E-state index contributed by atoms with van der Waals surface area (Å²) in [6, 6.07) is 12.6. The highest BCUT2D eigenvalue weighted by molar-refractivity contribution is 6.23. The van der Waals surface area contributed by atoms with E-state index in [0.29, 0.717) is 28.8 Å². The number of hydrogen-bond acceptors (Lipinski definition) is 5. The number of fused-ring (bicyclic) bond motifs is 5. The van der Waals surface area contributed by atoms with Gasteiger partial charge in [-0.3, -0.25) is 19.2 Å². The molecule has 180 valence electrons. The minimum absolute atomic E-state index is 0.0826. The van der Waals surface area contributed by atoms with E-state index in [-0.39, 0.29) is 42.5 Å². The molecule has 2 saturated heterocycles. The van der Waals surface area contributed by atoms with Crippen molar-refractivity contribution in [2.45, 2.75) is 39.5 Å². The van der Waals surface area contributed by atoms with Crippen molar-refractivity contribution in [3.05, 3.63) is 53.6 Å². The Morgan fingerprint density at radius 1 is 0.943 bits per heavy atom. The number of ether oxygens (including phenoxy) is 1. The van der Waals surface area contributed by atoms with E-state index in [0.717, 1.165) is 30.5 Å². The second-order valence-corrected chi connectivity index (χ2v) is 10.5. The molecular formula is C28H28N2O5. The highest BCUT2D eigenvalue weighted by Gasteiger charge is 2.61. The molecule has 2 aromatic rings. The van der Waals surface area contributed by atoms with Crippen LogP contribution in [0.25, 0.3) is 0 Å². The van der Waals surface area contributed by atoms with Gasteiger partial charge in [0.05, 0.1) is 23.4 Å². The van der Waals surface area contributed by atoms with Gasteiger partial charge in [-0.05, 0) is 86.4 Å². The van der Waals surface area contributed by atoms with Gasteiger partial charge < -0.3 is 9.64 Å². The van der Waals surface area contributed by atoms with Crippen molar-refractivity contribution in [3.63, 3.8) is 0 Å². The first-order chi connectivity index (χ1) is 16.8. The minimum atomic E-state index is -0.556. The molecule has 0 unspecified atom stereocenters. The van der Waals surface area contributed by atoms with Gasteiger partial charge in [0.15, 0.2) is 0 Å². The molecule has 5 atom stereocenters. The average Bonchev–Trinajstić information content (AvgIpc) is 3.58. The van der Waals surface area contributed by atoms with Crippen molar-refractivity contribution >= 4 is 35.1 Å². The molecule has 0 spiro atoms. The Hall–Kier alpha value is -3.48. The molecule has 4 fully saturated rings. The second-order valence-electron chi connectivity index (χ2n) is 10.5. The van der Waals surface area contributed by atoms with E-state index in [1.54, 1.807) is 23.1 Å². The Morgan fingerprint density at radius 3 is 2.31 bits per heavy atom. The zero-order valence-electron chi connectivity index (χ0n) is 19.9. The van der Waals surface area contributed by atoms with Gasteiger partial charge in [0.1, 0.15) is 5.75 Å². The fourth-order valence-electron chi connectivity index (χ4n) is 6.70.